The maximum Gasteiger partial charge on any atom is 0.340 e. The van der Waals surface area contributed by atoms with Crippen molar-refractivity contribution >= 4 is 17.1 Å². The summed E-state index contributed by atoms with van der Waals surface area (Å²) in [7, 11) is 0. The van der Waals surface area contributed by atoms with Crippen molar-refractivity contribution in [1.29, 1.82) is 0 Å². The van der Waals surface area contributed by atoms with Gasteiger partial charge in [0.2, 0.25) is 0 Å². The Kier molecular flexibility index (Phi) is 2.17. The summed E-state index contributed by atoms with van der Waals surface area (Å²) in [5, 5.41) is 0. The Morgan fingerprint density at radius 1 is 1.60 bits per heavy atom. The number of nitrogens with one attached hydrogen (secondary N) is 1. The maximum atomic E-state index is 11.2. The average molecular weight is 204 g/mol. The minimum absolute atomic E-state index is 0.0958. The summed E-state index contributed by atoms with van der Waals surface area (Å²) < 4.78 is 4.89. The van der Waals surface area contributed by atoms with Gasteiger partial charge in [0.05, 0.1) is 6.20 Å². The molecule has 0 radical (unpaired) electrons. The highest BCUT2D eigenvalue weighted by Gasteiger charge is 2.09. The van der Waals surface area contributed by atoms with Crippen LogP contribution < -0.4 is 4.74 Å². The van der Waals surface area contributed by atoms with Crippen molar-refractivity contribution in [3.63, 3.8) is 0 Å². The van der Waals surface area contributed by atoms with Crippen LogP contribution in [-0.2, 0) is 4.79 Å². The molecule has 0 aromatic carbocycles. The summed E-state index contributed by atoms with van der Waals surface area (Å²) >= 11 is 0. The van der Waals surface area contributed by atoms with Crippen LogP contribution >= 0.6 is 0 Å². The number of H-pyrrole nitrogens is 1. The third-order valence-electron chi connectivity index (χ3n) is 1.68. The van der Waals surface area contributed by atoms with Crippen molar-refractivity contribution in [3.05, 3.63) is 24.7 Å². The number of aromatic amines is 1. The van der Waals surface area contributed by atoms with Gasteiger partial charge >= 0.3 is 12.0 Å². The van der Waals surface area contributed by atoms with Gasteiger partial charge in [0.15, 0.2) is 5.65 Å². The fourth-order valence-electron chi connectivity index (χ4n) is 0.963. The first kappa shape index (κ1) is 9.32. The van der Waals surface area contributed by atoms with Crippen molar-refractivity contribution < 1.29 is 9.53 Å². The number of ether oxygens (including phenoxy) is 1. The number of aromatic nitrogens is 4. The number of carbonyl (C=O) groups is 1. The molecule has 2 heterocycles. The predicted molar refractivity (Wildman–Crippen MR) is 52.1 cm³/mol. The van der Waals surface area contributed by atoms with Gasteiger partial charge in [0.1, 0.15) is 11.8 Å². The molecule has 6 nitrogen and oxygen atoms in total. The number of fused-ring (bicyclic) bond motifs is 1. The van der Waals surface area contributed by atoms with Crippen molar-refractivity contribution in [2.45, 2.75) is 6.92 Å². The second-order valence-corrected chi connectivity index (χ2v) is 2.97. The second-order valence-electron chi connectivity index (χ2n) is 2.97. The first-order valence-corrected chi connectivity index (χ1v) is 4.20. The van der Waals surface area contributed by atoms with Gasteiger partial charge in [-0.05, 0) is 6.92 Å². The second kappa shape index (κ2) is 3.49. The fourth-order valence-corrected chi connectivity index (χ4v) is 0.963. The third kappa shape index (κ3) is 1.83. The number of hydrogen-bond acceptors (Lipinski definition) is 5. The number of imidazole rings is 1. The minimum atomic E-state index is -0.526. The van der Waals surface area contributed by atoms with Crippen LogP contribution in [0.5, 0.6) is 6.01 Å². The molecule has 0 aliphatic carbocycles. The van der Waals surface area contributed by atoms with Gasteiger partial charge in [0, 0.05) is 5.57 Å². The first-order chi connectivity index (χ1) is 7.16. The van der Waals surface area contributed by atoms with Gasteiger partial charge in [-0.1, -0.05) is 6.58 Å². The van der Waals surface area contributed by atoms with Crippen LogP contribution in [0.2, 0.25) is 0 Å². The Labute approximate surface area is 85.0 Å². The molecule has 2 aromatic rings. The maximum absolute atomic E-state index is 11.2. The quantitative estimate of drug-likeness (QED) is 0.579. The molecule has 2 rings (SSSR count). The zero-order valence-electron chi connectivity index (χ0n) is 8.02. The van der Waals surface area contributed by atoms with E-state index in [0.717, 1.165) is 0 Å². The van der Waals surface area contributed by atoms with Crippen molar-refractivity contribution in [3.8, 4) is 6.01 Å². The summed E-state index contributed by atoms with van der Waals surface area (Å²) in [6.45, 7) is 5.02. The molecule has 2 aromatic heterocycles. The van der Waals surface area contributed by atoms with E-state index < -0.39 is 5.97 Å². The van der Waals surface area contributed by atoms with Crippen LogP contribution in [0.1, 0.15) is 6.92 Å². The van der Waals surface area contributed by atoms with Gasteiger partial charge in [-0.15, -0.1) is 0 Å². The smallest absolute Gasteiger partial charge is 0.340 e. The van der Waals surface area contributed by atoms with E-state index in [0.29, 0.717) is 16.7 Å². The molecule has 0 amide bonds. The van der Waals surface area contributed by atoms with Crippen LogP contribution in [0.4, 0.5) is 0 Å². The number of nitrogens with zero attached hydrogens (tertiary/aromatic N) is 3. The summed E-state index contributed by atoms with van der Waals surface area (Å²) in [5.74, 6) is -0.526. The Morgan fingerprint density at radius 2 is 2.40 bits per heavy atom. The molecule has 0 saturated heterocycles. The van der Waals surface area contributed by atoms with Gasteiger partial charge in [-0.2, -0.15) is 4.98 Å². The molecule has 0 aliphatic rings. The molecule has 15 heavy (non-hydrogen) atoms. The Hall–Kier alpha value is -2.24. The SMILES string of the molecule is C=C(C)C(=O)Oc1nc2ncncc2[nH]1. The highest BCUT2D eigenvalue weighted by molar-refractivity contribution is 5.88. The van der Waals surface area contributed by atoms with E-state index in [1.54, 1.807) is 13.1 Å². The summed E-state index contributed by atoms with van der Waals surface area (Å²) in [4.78, 5) is 25.6. The van der Waals surface area contributed by atoms with Crippen LogP contribution in [0.25, 0.3) is 11.2 Å². The Balaban J connectivity index is 2.30. The predicted octanol–water partition coefficient (Wildman–Crippen LogP) is 0.834. The first-order valence-electron chi connectivity index (χ1n) is 4.20. The molecule has 0 atom stereocenters. The van der Waals surface area contributed by atoms with Crippen LogP contribution in [0.15, 0.2) is 24.7 Å². The van der Waals surface area contributed by atoms with E-state index in [9.17, 15) is 4.79 Å². The Morgan fingerprint density at radius 3 is 3.07 bits per heavy atom. The standard InChI is InChI=1S/C9H8N4O2/c1-5(2)8(14)15-9-12-6-3-10-4-11-7(6)13-9/h3-4H,1H2,2H3,(H,10,11,12,13). The summed E-state index contributed by atoms with van der Waals surface area (Å²) in [5.41, 5.74) is 1.37. The molecular formula is C9H8N4O2. The summed E-state index contributed by atoms with van der Waals surface area (Å²) in [6.07, 6.45) is 2.92. The van der Waals surface area contributed by atoms with E-state index in [4.69, 9.17) is 4.74 Å². The van der Waals surface area contributed by atoms with E-state index in [1.807, 2.05) is 0 Å². The summed E-state index contributed by atoms with van der Waals surface area (Å²) in [6, 6.07) is 0.0958. The molecule has 0 unspecified atom stereocenters. The van der Waals surface area contributed by atoms with Crippen molar-refractivity contribution in [2.75, 3.05) is 0 Å². The van der Waals surface area contributed by atoms with E-state index >= 15 is 0 Å². The molecule has 76 valence electrons. The van der Waals surface area contributed by atoms with Crippen LogP contribution in [0, 0.1) is 0 Å². The third-order valence-corrected chi connectivity index (χ3v) is 1.68. The van der Waals surface area contributed by atoms with E-state index in [1.165, 1.54) is 6.33 Å². The van der Waals surface area contributed by atoms with Gasteiger partial charge in [0.25, 0.3) is 0 Å². The van der Waals surface area contributed by atoms with E-state index in [2.05, 4.69) is 26.5 Å². The van der Waals surface area contributed by atoms with Crippen LogP contribution in [-0.4, -0.2) is 25.9 Å². The lowest BCUT2D eigenvalue weighted by Crippen LogP contribution is -2.08. The van der Waals surface area contributed by atoms with Crippen molar-refractivity contribution in [1.82, 2.24) is 19.9 Å². The molecule has 0 bridgehead atoms. The fraction of sp³-hybridized carbons (Fsp3) is 0.111. The average Bonchev–Trinajstić information content (AvgIpc) is 2.59. The molecular weight excluding hydrogens is 196 g/mol. The zero-order chi connectivity index (χ0) is 10.8. The lowest BCUT2D eigenvalue weighted by atomic mass is 10.4. The molecule has 0 aliphatic heterocycles. The van der Waals surface area contributed by atoms with Crippen LogP contribution in [0.3, 0.4) is 0 Å². The molecule has 0 fully saturated rings. The largest absolute Gasteiger partial charge is 0.389 e. The Bertz CT molecular complexity index is 499. The van der Waals surface area contributed by atoms with Gasteiger partial charge < -0.3 is 9.72 Å². The molecule has 1 N–H and O–H groups in total. The number of rotatable bonds is 2. The lowest BCUT2D eigenvalue weighted by molar-refractivity contribution is -0.130. The van der Waals surface area contributed by atoms with Crippen molar-refractivity contribution in [2.24, 2.45) is 0 Å². The minimum Gasteiger partial charge on any atom is -0.389 e. The lowest BCUT2D eigenvalue weighted by Gasteiger charge is -1.97. The molecule has 6 heteroatoms. The zero-order valence-corrected chi connectivity index (χ0v) is 8.02. The van der Waals surface area contributed by atoms with E-state index in [-0.39, 0.29) is 6.01 Å². The monoisotopic (exact) mass is 204 g/mol. The highest BCUT2D eigenvalue weighted by Crippen LogP contribution is 2.12. The normalized spacial score (nSPS) is 10.2. The number of hydrogen-bond donors (Lipinski definition) is 1. The number of esters is 1. The number of carbonyl (C=O) groups excluding carboxylic acids is 1. The molecule has 0 spiro atoms. The molecule has 0 saturated carbocycles. The van der Waals surface area contributed by atoms with Gasteiger partial charge in [-0.25, -0.2) is 14.8 Å². The van der Waals surface area contributed by atoms with Gasteiger partial charge in [-0.3, -0.25) is 0 Å². The topological polar surface area (TPSA) is 80.8 Å². The highest BCUT2D eigenvalue weighted by atomic mass is 16.5.